The van der Waals surface area contributed by atoms with Crippen molar-refractivity contribution in [2.75, 3.05) is 5.73 Å². The highest BCUT2D eigenvalue weighted by Gasteiger charge is 2.11. The molecule has 1 aromatic heterocycles. The topological polar surface area (TPSA) is 56.7 Å². The fourth-order valence-electron chi connectivity index (χ4n) is 1.53. The fraction of sp³-hybridized carbons (Fsp3) is 0.333. The van der Waals surface area contributed by atoms with Crippen molar-refractivity contribution in [3.63, 3.8) is 0 Å². The Morgan fingerprint density at radius 3 is 2.31 bits per heavy atom. The summed E-state index contributed by atoms with van der Waals surface area (Å²) in [6.07, 6.45) is 0. The molecule has 4 heteroatoms. The van der Waals surface area contributed by atoms with Gasteiger partial charge in [-0.1, -0.05) is 13.8 Å². The molecule has 84 valence electrons. The zero-order valence-corrected chi connectivity index (χ0v) is 9.81. The standard InChI is InChI=1S/C12H16N4/c1-8(2)11-14-12(16(3)15-11)9-4-6-10(13)7-5-9/h4-8H,13H2,1-3H3. The van der Waals surface area contributed by atoms with E-state index in [1.54, 1.807) is 4.68 Å². The molecular formula is C12H16N4. The van der Waals surface area contributed by atoms with Gasteiger partial charge in [-0.25, -0.2) is 9.67 Å². The van der Waals surface area contributed by atoms with E-state index in [9.17, 15) is 0 Å². The van der Waals surface area contributed by atoms with E-state index in [2.05, 4.69) is 23.9 Å². The molecule has 2 rings (SSSR count). The highest BCUT2D eigenvalue weighted by atomic mass is 15.3. The van der Waals surface area contributed by atoms with Crippen LogP contribution in [0.1, 0.15) is 25.6 Å². The summed E-state index contributed by atoms with van der Waals surface area (Å²) in [4.78, 5) is 4.52. The maximum atomic E-state index is 5.65. The first kappa shape index (κ1) is 10.7. The molecule has 4 nitrogen and oxygen atoms in total. The molecule has 2 aromatic rings. The Morgan fingerprint density at radius 2 is 1.81 bits per heavy atom. The first-order valence-corrected chi connectivity index (χ1v) is 5.35. The third-order valence-electron chi connectivity index (χ3n) is 2.46. The number of nitrogen functional groups attached to an aromatic ring is 1. The van der Waals surface area contributed by atoms with Crippen LogP contribution in [-0.2, 0) is 7.05 Å². The van der Waals surface area contributed by atoms with Crippen LogP contribution < -0.4 is 5.73 Å². The normalized spacial score (nSPS) is 11.0. The Kier molecular flexibility index (Phi) is 2.64. The van der Waals surface area contributed by atoms with Crippen molar-refractivity contribution in [3.8, 4) is 11.4 Å². The molecule has 0 atom stereocenters. The number of aryl methyl sites for hydroxylation is 1. The molecule has 1 aromatic carbocycles. The molecule has 0 aliphatic rings. The zero-order chi connectivity index (χ0) is 11.7. The number of hydrogen-bond donors (Lipinski definition) is 1. The van der Waals surface area contributed by atoms with E-state index in [1.165, 1.54) is 0 Å². The minimum Gasteiger partial charge on any atom is -0.399 e. The minimum absolute atomic E-state index is 0.341. The third-order valence-corrected chi connectivity index (χ3v) is 2.46. The van der Waals surface area contributed by atoms with Crippen LogP contribution in [0.15, 0.2) is 24.3 Å². The Hall–Kier alpha value is -1.84. The van der Waals surface area contributed by atoms with Gasteiger partial charge in [-0.3, -0.25) is 0 Å². The van der Waals surface area contributed by atoms with E-state index < -0.39 is 0 Å². The summed E-state index contributed by atoms with van der Waals surface area (Å²) < 4.78 is 1.81. The van der Waals surface area contributed by atoms with Crippen LogP contribution in [0.5, 0.6) is 0 Å². The summed E-state index contributed by atoms with van der Waals surface area (Å²) in [5.41, 5.74) is 7.45. The van der Waals surface area contributed by atoms with E-state index >= 15 is 0 Å². The number of nitrogens with zero attached hydrogens (tertiary/aromatic N) is 3. The first-order chi connectivity index (χ1) is 7.58. The van der Waals surface area contributed by atoms with Gasteiger partial charge in [0.15, 0.2) is 11.6 Å². The Labute approximate surface area is 95.1 Å². The summed E-state index contributed by atoms with van der Waals surface area (Å²) in [6, 6.07) is 7.67. The summed E-state index contributed by atoms with van der Waals surface area (Å²) in [6.45, 7) is 4.17. The second kappa shape index (κ2) is 3.96. The van der Waals surface area contributed by atoms with Gasteiger partial charge in [-0.2, -0.15) is 5.10 Å². The van der Waals surface area contributed by atoms with Gasteiger partial charge in [0, 0.05) is 24.2 Å². The molecule has 16 heavy (non-hydrogen) atoms. The highest BCUT2D eigenvalue weighted by molar-refractivity contribution is 5.58. The number of rotatable bonds is 2. The predicted molar refractivity (Wildman–Crippen MR) is 64.9 cm³/mol. The number of nitrogens with two attached hydrogens (primary N) is 1. The lowest BCUT2D eigenvalue weighted by atomic mass is 10.2. The zero-order valence-electron chi connectivity index (χ0n) is 9.81. The first-order valence-electron chi connectivity index (χ1n) is 5.35. The summed E-state index contributed by atoms with van der Waals surface area (Å²) >= 11 is 0. The Bertz CT molecular complexity index is 482. The Morgan fingerprint density at radius 1 is 1.19 bits per heavy atom. The van der Waals surface area contributed by atoms with Crippen molar-refractivity contribution >= 4 is 5.69 Å². The van der Waals surface area contributed by atoms with Gasteiger partial charge in [0.25, 0.3) is 0 Å². The Balaban J connectivity index is 2.44. The van der Waals surface area contributed by atoms with Crippen LogP contribution in [0, 0.1) is 0 Å². The average molecular weight is 216 g/mol. The largest absolute Gasteiger partial charge is 0.399 e. The SMILES string of the molecule is CC(C)c1nc(-c2ccc(N)cc2)n(C)n1. The number of benzene rings is 1. The van der Waals surface area contributed by atoms with Crippen LogP contribution in [-0.4, -0.2) is 14.8 Å². The molecule has 0 amide bonds. The molecule has 0 saturated heterocycles. The van der Waals surface area contributed by atoms with E-state index in [4.69, 9.17) is 5.73 Å². The van der Waals surface area contributed by atoms with Crippen molar-refractivity contribution in [1.29, 1.82) is 0 Å². The van der Waals surface area contributed by atoms with Crippen molar-refractivity contribution < 1.29 is 0 Å². The van der Waals surface area contributed by atoms with Gasteiger partial charge in [0.2, 0.25) is 0 Å². The highest BCUT2D eigenvalue weighted by Crippen LogP contribution is 2.20. The third kappa shape index (κ3) is 1.91. The van der Waals surface area contributed by atoms with Gasteiger partial charge >= 0.3 is 0 Å². The molecule has 0 bridgehead atoms. The van der Waals surface area contributed by atoms with E-state index in [-0.39, 0.29) is 0 Å². The predicted octanol–water partition coefficient (Wildman–Crippen LogP) is 2.19. The number of aromatic nitrogens is 3. The second-order valence-electron chi connectivity index (χ2n) is 4.19. The lowest BCUT2D eigenvalue weighted by molar-refractivity contribution is 0.712. The van der Waals surface area contributed by atoms with Crippen LogP contribution in [0.3, 0.4) is 0 Å². The quantitative estimate of drug-likeness (QED) is 0.783. The van der Waals surface area contributed by atoms with Crippen molar-refractivity contribution in [2.45, 2.75) is 19.8 Å². The molecule has 2 N–H and O–H groups in total. The average Bonchev–Trinajstić information content (AvgIpc) is 2.62. The van der Waals surface area contributed by atoms with Crippen LogP contribution >= 0.6 is 0 Å². The van der Waals surface area contributed by atoms with E-state index in [0.29, 0.717) is 5.92 Å². The van der Waals surface area contributed by atoms with Gasteiger partial charge < -0.3 is 5.73 Å². The van der Waals surface area contributed by atoms with Crippen molar-refractivity contribution in [2.24, 2.45) is 7.05 Å². The maximum absolute atomic E-state index is 5.65. The molecule has 0 spiro atoms. The number of anilines is 1. The summed E-state index contributed by atoms with van der Waals surface area (Å²) in [5.74, 6) is 2.09. The molecule has 0 fully saturated rings. The summed E-state index contributed by atoms with van der Waals surface area (Å²) in [7, 11) is 1.91. The lowest BCUT2D eigenvalue weighted by Gasteiger charge is -1.99. The van der Waals surface area contributed by atoms with Crippen LogP contribution in [0.4, 0.5) is 5.69 Å². The molecule has 0 aliphatic heterocycles. The van der Waals surface area contributed by atoms with Crippen LogP contribution in [0.2, 0.25) is 0 Å². The molecule has 0 aliphatic carbocycles. The lowest BCUT2D eigenvalue weighted by Crippen LogP contribution is -1.95. The smallest absolute Gasteiger partial charge is 0.158 e. The van der Waals surface area contributed by atoms with Crippen molar-refractivity contribution in [3.05, 3.63) is 30.1 Å². The molecule has 1 heterocycles. The minimum atomic E-state index is 0.341. The molecule has 0 saturated carbocycles. The van der Waals surface area contributed by atoms with Gasteiger partial charge in [-0.15, -0.1) is 0 Å². The van der Waals surface area contributed by atoms with Gasteiger partial charge in [0.05, 0.1) is 0 Å². The van der Waals surface area contributed by atoms with Crippen molar-refractivity contribution in [1.82, 2.24) is 14.8 Å². The second-order valence-corrected chi connectivity index (χ2v) is 4.19. The molecule has 0 unspecified atom stereocenters. The van der Waals surface area contributed by atoms with Gasteiger partial charge in [-0.05, 0) is 24.3 Å². The fourth-order valence-corrected chi connectivity index (χ4v) is 1.53. The molecular weight excluding hydrogens is 200 g/mol. The van der Waals surface area contributed by atoms with E-state index in [1.807, 2.05) is 31.3 Å². The summed E-state index contributed by atoms with van der Waals surface area (Å²) in [5, 5.41) is 4.38. The van der Waals surface area contributed by atoms with E-state index in [0.717, 1.165) is 22.9 Å². The van der Waals surface area contributed by atoms with Gasteiger partial charge in [0.1, 0.15) is 0 Å². The maximum Gasteiger partial charge on any atom is 0.158 e. The molecule has 0 radical (unpaired) electrons. The van der Waals surface area contributed by atoms with Crippen LogP contribution in [0.25, 0.3) is 11.4 Å². The monoisotopic (exact) mass is 216 g/mol. The number of hydrogen-bond acceptors (Lipinski definition) is 3.